The zero-order valence-corrected chi connectivity index (χ0v) is 10.8. The van der Waals surface area contributed by atoms with Crippen molar-refractivity contribution in [3.63, 3.8) is 0 Å². The second kappa shape index (κ2) is 5.90. The van der Waals surface area contributed by atoms with E-state index < -0.39 is 0 Å². The summed E-state index contributed by atoms with van der Waals surface area (Å²) in [5, 5.41) is 5.18. The Morgan fingerprint density at radius 3 is 2.94 bits per heavy atom. The fraction of sp³-hybridized carbons (Fsp3) is 0.538. The van der Waals surface area contributed by atoms with Crippen LogP contribution in [0.1, 0.15) is 31.2 Å². The molecule has 16 heavy (non-hydrogen) atoms. The van der Waals surface area contributed by atoms with Crippen LogP contribution in [0.3, 0.4) is 0 Å². The standard InChI is InChI=1S/C13H17Cl2N/c14-11-5-6-13(15)10(8-11)9-12-4-2-1-3-7-16-12/h5-6,8,12,16H,1-4,7,9H2. The van der Waals surface area contributed by atoms with Crippen molar-refractivity contribution in [2.45, 2.75) is 38.1 Å². The van der Waals surface area contributed by atoms with Crippen molar-refractivity contribution < 1.29 is 0 Å². The largest absolute Gasteiger partial charge is 0.314 e. The molecular formula is C13H17Cl2N. The average Bonchev–Trinajstić information content (AvgIpc) is 2.52. The molecule has 0 aliphatic carbocycles. The third-order valence-corrected chi connectivity index (χ3v) is 3.74. The molecule has 0 aromatic heterocycles. The quantitative estimate of drug-likeness (QED) is 0.843. The van der Waals surface area contributed by atoms with Crippen LogP contribution in [0.15, 0.2) is 18.2 Å². The first kappa shape index (κ1) is 12.2. The highest BCUT2D eigenvalue weighted by Gasteiger charge is 2.13. The van der Waals surface area contributed by atoms with Crippen molar-refractivity contribution in [3.8, 4) is 0 Å². The summed E-state index contributed by atoms with van der Waals surface area (Å²) in [4.78, 5) is 0. The predicted molar refractivity (Wildman–Crippen MR) is 70.4 cm³/mol. The molecule has 0 saturated carbocycles. The molecule has 1 heterocycles. The predicted octanol–water partition coefficient (Wildman–Crippen LogP) is 4.07. The Bertz CT molecular complexity index is 344. The lowest BCUT2D eigenvalue weighted by Crippen LogP contribution is -2.30. The molecule has 1 N–H and O–H groups in total. The first-order valence-electron chi connectivity index (χ1n) is 5.93. The van der Waals surface area contributed by atoms with Crippen LogP contribution >= 0.6 is 23.2 Å². The summed E-state index contributed by atoms with van der Waals surface area (Å²) >= 11 is 12.2. The van der Waals surface area contributed by atoms with Gasteiger partial charge in [-0.1, -0.05) is 36.0 Å². The van der Waals surface area contributed by atoms with Gasteiger partial charge in [-0.15, -0.1) is 0 Å². The van der Waals surface area contributed by atoms with Gasteiger partial charge in [0.25, 0.3) is 0 Å². The molecule has 1 atom stereocenters. The SMILES string of the molecule is Clc1ccc(Cl)c(CC2CCCCCN2)c1. The second-order valence-corrected chi connectivity index (χ2v) is 5.28. The second-order valence-electron chi connectivity index (χ2n) is 4.44. The normalized spacial score (nSPS) is 21.8. The lowest BCUT2D eigenvalue weighted by molar-refractivity contribution is 0.507. The van der Waals surface area contributed by atoms with Gasteiger partial charge in [-0.25, -0.2) is 0 Å². The third kappa shape index (κ3) is 3.38. The molecule has 2 rings (SSSR count). The molecule has 1 saturated heterocycles. The molecule has 1 unspecified atom stereocenters. The van der Waals surface area contributed by atoms with Crippen LogP contribution in [0.2, 0.25) is 10.0 Å². The van der Waals surface area contributed by atoms with Crippen molar-refractivity contribution in [1.29, 1.82) is 0 Å². The Hall–Kier alpha value is -0.240. The zero-order valence-electron chi connectivity index (χ0n) is 9.31. The van der Waals surface area contributed by atoms with E-state index in [0.717, 1.165) is 28.6 Å². The topological polar surface area (TPSA) is 12.0 Å². The van der Waals surface area contributed by atoms with Crippen molar-refractivity contribution >= 4 is 23.2 Å². The number of hydrogen-bond donors (Lipinski definition) is 1. The van der Waals surface area contributed by atoms with E-state index in [0.29, 0.717) is 6.04 Å². The number of hydrogen-bond acceptors (Lipinski definition) is 1. The molecule has 3 heteroatoms. The summed E-state index contributed by atoms with van der Waals surface area (Å²) in [5.74, 6) is 0. The van der Waals surface area contributed by atoms with Crippen molar-refractivity contribution in [3.05, 3.63) is 33.8 Å². The van der Waals surface area contributed by atoms with E-state index >= 15 is 0 Å². The van der Waals surface area contributed by atoms with E-state index in [-0.39, 0.29) is 0 Å². The maximum Gasteiger partial charge on any atom is 0.0439 e. The van der Waals surface area contributed by atoms with E-state index in [1.165, 1.54) is 25.7 Å². The molecule has 0 spiro atoms. The van der Waals surface area contributed by atoms with Crippen LogP contribution in [-0.4, -0.2) is 12.6 Å². The molecule has 88 valence electrons. The van der Waals surface area contributed by atoms with Gasteiger partial charge in [0.15, 0.2) is 0 Å². The first-order valence-corrected chi connectivity index (χ1v) is 6.68. The van der Waals surface area contributed by atoms with Gasteiger partial charge in [-0.3, -0.25) is 0 Å². The Balaban J connectivity index is 2.04. The fourth-order valence-electron chi connectivity index (χ4n) is 2.24. The zero-order chi connectivity index (χ0) is 11.4. The van der Waals surface area contributed by atoms with Crippen LogP contribution in [0, 0.1) is 0 Å². The van der Waals surface area contributed by atoms with E-state index in [1.807, 2.05) is 18.2 Å². The highest BCUT2D eigenvalue weighted by atomic mass is 35.5. The lowest BCUT2D eigenvalue weighted by Gasteiger charge is -2.16. The van der Waals surface area contributed by atoms with E-state index in [2.05, 4.69) is 5.32 Å². The molecule has 1 aliphatic heterocycles. The Morgan fingerprint density at radius 1 is 1.19 bits per heavy atom. The van der Waals surface area contributed by atoms with E-state index in [9.17, 15) is 0 Å². The van der Waals surface area contributed by atoms with Gasteiger partial charge in [0.1, 0.15) is 0 Å². The molecular weight excluding hydrogens is 241 g/mol. The minimum Gasteiger partial charge on any atom is -0.314 e. The summed E-state index contributed by atoms with van der Waals surface area (Å²) in [6, 6.07) is 6.26. The smallest absolute Gasteiger partial charge is 0.0439 e. The monoisotopic (exact) mass is 257 g/mol. The number of rotatable bonds is 2. The number of benzene rings is 1. The first-order chi connectivity index (χ1) is 7.75. The summed E-state index contributed by atoms with van der Waals surface area (Å²) < 4.78 is 0. The molecule has 1 aromatic rings. The average molecular weight is 258 g/mol. The van der Waals surface area contributed by atoms with Crippen LogP contribution in [0.25, 0.3) is 0 Å². The van der Waals surface area contributed by atoms with Gasteiger partial charge in [-0.05, 0) is 49.6 Å². The molecule has 0 amide bonds. The van der Waals surface area contributed by atoms with Crippen molar-refractivity contribution in [2.24, 2.45) is 0 Å². The van der Waals surface area contributed by atoms with Crippen LogP contribution in [0.5, 0.6) is 0 Å². The van der Waals surface area contributed by atoms with Crippen molar-refractivity contribution in [2.75, 3.05) is 6.54 Å². The maximum absolute atomic E-state index is 6.17. The Kier molecular flexibility index (Phi) is 4.51. The van der Waals surface area contributed by atoms with Gasteiger partial charge >= 0.3 is 0 Å². The van der Waals surface area contributed by atoms with Gasteiger partial charge < -0.3 is 5.32 Å². The lowest BCUT2D eigenvalue weighted by atomic mass is 10.0. The highest BCUT2D eigenvalue weighted by Crippen LogP contribution is 2.23. The van der Waals surface area contributed by atoms with Crippen molar-refractivity contribution in [1.82, 2.24) is 5.32 Å². The summed E-state index contributed by atoms with van der Waals surface area (Å²) in [6.07, 6.45) is 6.17. The summed E-state index contributed by atoms with van der Waals surface area (Å²) in [5.41, 5.74) is 1.16. The fourth-order valence-corrected chi connectivity index (χ4v) is 2.63. The Morgan fingerprint density at radius 2 is 2.06 bits per heavy atom. The maximum atomic E-state index is 6.17. The van der Waals surface area contributed by atoms with Crippen LogP contribution in [-0.2, 0) is 6.42 Å². The summed E-state index contributed by atoms with van der Waals surface area (Å²) in [6.45, 7) is 1.13. The van der Waals surface area contributed by atoms with Gasteiger partial charge in [0.2, 0.25) is 0 Å². The van der Waals surface area contributed by atoms with Gasteiger partial charge in [0.05, 0.1) is 0 Å². The molecule has 1 aliphatic rings. The molecule has 1 fully saturated rings. The third-order valence-electron chi connectivity index (χ3n) is 3.14. The highest BCUT2D eigenvalue weighted by molar-refractivity contribution is 6.33. The number of halogens is 2. The Labute approximate surface area is 107 Å². The number of nitrogens with one attached hydrogen (secondary N) is 1. The van der Waals surface area contributed by atoms with Crippen LogP contribution in [0.4, 0.5) is 0 Å². The van der Waals surface area contributed by atoms with Gasteiger partial charge in [-0.2, -0.15) is 0 Å². The molecule has 1 aromatic carbocycles. The summed E-state index contributed by atoms with van der Waals surface area (Å²) in [7, 11) is 0. The van der Waals surface area contributed by atoms with E-state index in [1.54, 1.807) is 0 Å². The minimum absolute atomic E-state index is 0.554. The van der Waals surface area contributed by atoms with E-state index in [4.69, 9.17) is 23.2 Å². The van der Waals surface area contributed by atoms with Gasteiger partial charge in [0, 0.05) is 16.1 Å². The molecule has 1 nitrogen and oxygen atoms in total. The molecule has 0 radical (unpaired) electrons. The molecule has 0 bridgehead atoms. The minimum atomic E-state index is 0.554. The van der Waals surface area contributed by atoms with Crippen LogP contribution < -0.4 is 5.32 Å².